The van der Waals surface area contributed by atoms with Crippen molar-refractivity contribution < 1.29 is 23.9 Å². The van der Waals surface area contributed by atoms with Crippen LogP contribution in [0.15, 0.2) is 72.8 Å². The van der Waals surface area contributed by atoms with Gasteiger partial charge in [-0.3, -0.25) is 14.4 Å². The molecule has 0 unspecified atom stereocenters. The van der Waals surface area contributed by atoms with Crippen LogP contribution in [0.2, 0.25) is 0 Å². The normalized spacial score (nSPS) is 11.1. The van der Waals surface area contributed by atoms with Gasteiger partial charge in [-0.25, -0.2) is 4.39 Å². The van der Waals surface area contributed by atoms with Crippen LogP contribution in [-0.2, 0) is 16.0 Å². The molecule has 5 N–H and O–H groups in total. The second-order valence-electron chi connectivity index (χ2n) is 8.67. The van der Waals surface area contributed by atoms with Crippen molar-refractivity contribution in [2.45, 2.75) is 31.7 Å². The summed E-state index contributed by atoms with van der Waals surface area (Å²) in [5, 5.41) is 14.3. The Balaban J connectivity index is 1.45. The molecule has 0 fully saturated rings. The molecule has 0 spiro atoms. The van der Waals surface area contributed by atoms with E-state index in [1.54, 1.807) is 48.5 Å². The molecular weight excluding hydrogens is 485 g/mol. The van der Waals surface area contributed by atoms with Gasteiger partial charge in [0.05, 0.1) is 0 Å². The van der Waals surface area contributed by atoms with Crippen molar-refractivity contribution in [2.75, 3.05) is 18.5 Å². The van der Waals surface area contributed by atoms with Crippen molar-refractivity contribution >= 4 is 23.3 Å². The molecule has 0 radical (unpaired) electrons. The van der Waals surface area contributed by atoms with Crippen LogP contribution in [0.5, 0.6) is 0 Å². The van der Waals surface area contributed by atoms with E-state index in [9.17, 15) is 18.8 Å². The SMILES string of the molecule is NC[C@H](NC(=O)c1ccc(C#Cc2ccc(NC(=O)CCCCc3ccc(F)cc3)cc2)cc1)C(=O)CO. The summed E-state index contributed by atoms with van der Waals surface area (Å²) in [4.78, 5) is 36.1. The molecule has 0 heterocycles. The lowest BCUT2D eigenvalue weighted by molar-refractivity contribution is -0.123. The topological polar surface area (TPSA) is 122 Å². The molecule has 0 aromatic heterocycles. The number of carbonyl (C=O) groups is 3. The first kappa shape index (κ1) is 28.3. The minimum atomic E-state index is -0.937. The minimum absolute atomic E-state index is 0.0643. The molecule has 7 nitrogen and oxygen atoms in total. The third-order valence-corrected chi connectivity index (χ3v) is 5.78. The van der Waals surface area contributed by atoms with Crippen molar-refractivity contribution in [3.05, 3.63) is 101 Å². The standard InChI is InChI=1S/C30H30FN3O4/c31-25-15-9-21(10-16-25)3-1-2-4-29(37)33-26-17-11-23(12-18-26)6-5-22-7-13-24(14-8-22)30(38)34-27(19-32)28(36)20-35/h7-18,27,35H,1-4,19-20,32H2,(H,33,37)(H,34,38)/t27-/m0/s1. The average molecular weight is 516 g/mol. The third kappa shape index (κ3) is 8.96. The molecule has 0 bridgehead atoms. The summed E-state index contributed by atoms with van der Waals surface area (Å²) < 4.78 is 13.0. The molecule has 38 heavy (non-hydrogen) atoms. The van der Waals surface area contributed by atoms with Crippen molar-refractivity contribution in [1.82, 2.24) is 5.32 Å². The number of nitrogens with one attached hydrogen (secondary N) is 2. The van der Waals surface area contributed by atoms with Gasteiger partial charge in [-0.05, 0) is 85.5 Å². The van der Waals surface area contributed by atoms with E-state index in [4.69, 9.17) is 10.8 Å². The van der Waals surface area contributed by atoms with E-state index >= 15 is 0 Å². The Labute approximate surface area is 221 Å². The molecule has 0 aliphatic carbocycles. The lowest BCUT2D eigenvalue weighted by Crippen LogP contribution is -2.46. The molecule has 3 aromatic carbocycles. The molecule has 0 saturated carbocycles. The number of aliphatic hydroxyl groups is 1. The number of hydrogen-bond donors (Lipinski definition) is 4. The van der Waals surface area contributed by atoms with Gasteiger partial charge in [0.1, 0.15) is 18.5 Å². The summed E-state index contributed by atoms with van der Waals surface area (Å²) in [7, 11) is 0. The van der Waals surface area contributed by atoms with Crippen molar-refractivity contribution in [1.29, 1.82) is 0 Å². The molecule has 3 aromatic rings. The van der Waals surface area contributed by atoms with Crippen LogP contribution in [0.1, 0.15) is 46.3 Å². The second-order valence-corrected chi connectivity index (χ2v) is 8.67. The van der Waals surface area contributed by atoms with Gasteiger partial charge < -0.3 is 21.5 Å². The Hall–Kier alpha value is -4.32. The van der Waals surface area contributed by atoms with Crippen molar-refractivity contribution in [2.24, 2.45) is 5.73 Å². The molecule has 1 atom stereocenters. The van der Waals surface area contributed by atoms with E-state index in [-0.39, 0.29) is 18.3 Å². The molecule has 8 heteroatoms. The van der Waals surface area contributed by atoms with E-state index in [0.717, 1.165) is 30.4 Å². The zero-order valence-electron chi connectivity index (χ0n) is 20.9. The van der Waals surface area contributed by atoms with Gasteiger partial charge >= 0.3 is 0 Å². The number of carbonyl (C=O) groups excluding carboxylic acids is 3. The number of unbranched alkanes of at least 4 members (excludes halogenated alkanes) is 1. The highest BCUT2D eigenvalue weighted by Crippen LogP contribution is 2.12. The Morgan fingerprint density at radius 2 is 1.47 bits per heavy atom. The molecule has 0 aliphatic rings. The summed E-state index contributed by atoms with van der Waals surface area (Å²) in [6, 6.07) is 19.2. The number of rotatable bonds is 11. The molecule has 2 amide bonds. The fourth-order valence-corrected chi connectivity index (χ4v) is 3.60. The van der Waals surface area contributed by atoms with Gasteiger partial charge in [0.2, 0.25) is 5.91 Å². The Kier molecular flexibility index (Phi) is 10.7. The monoisotopic (exact) mass is 515 g/mol. The number of benzene rings is 3. The number of aryl methyl sites for hydroxylation is 1. The van der Waals surface area contributed by atoms with E-state index < -0.39 is 24.3 Å². The summed E-state index contributed by atoms with van der Waals surface area (Å²) in [5.74, 6) is 4.73. The van der Waals surface area contributed by atoms with Crippen LogP contribution in [0.4, 0.5) is 10.1 Å². The Morgan fingerprint density at radius 1 is 0.868 bits per heavy atom. The average Bonchev–Trinajstić information content (AvgIpc) is 2.94. The molecular formula is C30H30FN3O4. The molecule has 0 saturated heterocycles. The van der Waals surface area contributed by atoms with Crippen LogP contribution >= 0.6 is 0 Å². The van der Waals surface area contributed by atoms with E-state index in [2.05, 4.69) is 22.5 Å². The zero-order chi connectivity index (χ0) is 27.3. The first-order valence-electron chi connectivity index (χ1n) is 12.3. The largest absolute Gasteiger partial charge is 0.388 e. The molecule has 0 aliphatic heterocycles. The number of amides is 2. The van der Waals surface area contributed by atoms with Gasteiger partial charge in [-0.2, -0.15) is 0 Å². The van der Waals surface area contributed by atoms with Crippen molar-refractivity contribution in [3.63, 3.8) is 0 Å². The number of hydrogen-bond acceptors (Lipinski definition) is 5. The van der Waals surface area contributed by atoms with Gasteiger partial charge in [0, 0.05) is 35.3 Å². The number of ketones is 1. The predicted molar refractivity (Wildman–Crippen MR) is 144 cm³/mol. The lowest BCUT2D eigenvalue weighted by Gasteiger charge is -2.14. The predicted octanol–water partition coefficient (Wildman–Crippen LogP) is 3.20. The maximum atomic E-state index is 13.0. The summed E-state index contributed by atoms with van der Waals surface area (Å²) in [6.45, 7) is -0.792. The highest BCUT2D eigenvalue weighted by atomic mass is 19.1. The number of anilines is 1. The number of halogens is 1. The maximum absolute atomic E-state index is 13.0. The van der Waals surface area contributed by atoms with E-state index in [1.807, 2.05) is 12.1 Å². The summed E-state index contributed by atoms with van der Waals surface area (Å²) in [6.07, 6.45) is 2.79. The van der Waals surface area contributed by atoms with Crippen molar-refractivity contribution in [3.8, 4) is 11.8 Å². The van der Waals surface area contributed by atoms with Crippen LogP contribution in [0, 0.1) is 17.7 Å². The van der Waals surface area contributed by atoms with Crippen LogP contribution < -0.4 is 16.4 Å². The zero-order valence-corrected chi connectivity index (χ0v) is 20.9. The fourth-order valence-electron chi connectivity index (χ4n) is 3.60. The highest BCUT2D eigenvalue weighted by molar-refractivity contribution is 5.98. The maximum Gasteiger partial charge on any atom is 0.251 e. The number of Topliss-reactive ketones (excluding diaryl/α,β-unsaturated/α-hetero) is 1. The highest BCUT2D eigenvalue weighted by Gasteiger charge is 2.18. The smallest absolute Gasteiger partial charge is 0.251 e. The van der Waals surface area contributed by atoms with E-state index in [0.29, 0.717) is 23.2 Å². The summed E-state index contributed by atoms with van der Waals surface area (Å²) in [5.41, 5.74) is 9.02. The Bertz CT molecular complexity index is 1290. The second kappa shape index (κ2) is 14.4. The third-order valence-electron chi connectivity index (χ3n) is 5.78. The number of aliphatic hydroxyl groups excluding tert-OH is 1. The Morgan fingerprint density at radius 3 is 2.05 bits per heavy atom. The van der Waals surface area contributed by atoms with E-state index in [1.165, 1.54) is 12.1 Å². The first-order valence-corrected chi connectivity index (χ1v) is 12.3. The van der Waals surface area contributed by atoms with Gasteiger partial charge in [0.25, 0.3) is 5.91 Å². The molecule has 196 valence electrons. The summed E-state index contributed by atoms with van der Waals surface area (Å²) >= 11 is 0. The van der Waals surface area contributed by atoms with Gasteiger partial charge in [-0.1, -0.05) is 24.0 Å². The van der Waals surface area contributed by atoms with Crippen LogP contribution in [0.3, 0.4) is 0 Å². The first-order chi connectivity index (χ1) is 18.4. The number of nitrogens with two attached hydrogens (primary N) is 1. The molecule has 3 rings (SSSR count). The quantitative estimate of drug-likeness (QED) is 0.231. The van der Waals surface area contributed by atoms with Crippen LogP contribution in [0.25, 0.3) is 0 Å². The van der Waals surface area contributed by atoms with Gasteiger partial charge in [-0.15, -0.1) is 0 Å². The van der Waals surface area contributed by atoms with Crippen LogP contribution in [-0.4, -0.2) is 41.9 Å². The fraction of sp³-hybridized carbons (Fsp3) is 0.233. The lowest BCUT2D eigenvalue weighted by atomic mass is 10.1. The van der Waals surface area contributed by atoms with Gasteiger partial charge in [0.15, 0.2) is 5.78 Å². The minimum Gasteiger partial charge on any atom is -0.388 e.